The molecule has 7 rings (SSSR count). The molecule has 4 bridgehead atoms. The second-order valence-electron chi connectivity index (χ2n) is 11.2. The third-order valence-electron chi connectivity index (χ3n) is 8.93. The summed E-state index contributed by atoms with van der Waals surface area (Å²) in [5.41, 5.74) is 1.97. The molecule has 4 aliphatic carbocycles. The minimum Gasteiger partial charge on any atom is -0.333 e. The van der Waals surface area contributed by atoms with Gasteiger partial charge in [-0.05, 0) is 88.2 Å². The van der Waals surface area contributed by atoms with Gasteiger partial charge in [0.15, 0.2) is 0 Å². The van der Waals surface area contributed by atoms with Crippen LogP contribution < -0.4 is 5.32 Å². The van der Waals surface area contributed by atoms with Crippen molar-refractivity contribution in [2.45, 2.75) is 68.7 Å². The average Bonchev–Trinajstić information content (AvgIpc) is 3.15. The second kappa shape index (κ2) is 7.68. The SMILES string of the molecule is Cc1cccc(C(=O)N2CCSC23CCN(C(=O)NC24CC5CC(CC(C5)C2)C4)CC3)c1. The summed E-state index contributed by atoms with van der Waals surface area (Å²) in [5, 5.41) is 3.54. The molecule has 1 spiro atoms. The molecule has 1 aromatic carbocycles. The molecule has 0 atom stereocenters. The van der Waals surface area contributed by atoms with E-state index in [1.165, 1.54) is 38.5 Å². The molecule has 0 unspecified atom stereocenters. The Morgan fingerprint density at radius 1 is 1.00 bits per heavy atom. The number of thioether (sulfide) groups is 1. The molecule has 32 heavy (non-hydrogen) atoms. The summed E-state index contributed by atoms with van der Waals surface area (Å²) in [5.74, 6) is 3.63. The molecule has 2 aliphatic heterocycles. The molecule has 1 aromatic rings. The van der Waals surface area contributed by atoms with E-state index in [2.05, 4.69) is 10.2 Å². The van der Waals surface area contributed by atoms with Crippen LogP contribution in [0, 0.1) is 24.7 Å². The van der Waals surface area contributed by atoms with Crippen molar-refractivity contribution in [3.63, 3.8) is 0 Å². The van der Waals surface area contributed by atoms with Crippen molar-refractivity contribution in [1.29, 1.82) is 0 Å². The fourth-order valence-electron chi connectivity index (χ4n) is 7.87. The highest BCUT2D eigenvalue weighted by Gasteiger charge is 2.52. The largest absolute Gasteiger partial charge is 0.333 e. The van der Waals surface area contributed by atoms with Gasteiger partial charge < -0.3 is 15.1 Å². The molecule has 0 aromatic heterocycles. The number of hydrogen-bond acceptors (Lipinski definition) is 3. The Labute approximate surface area is 195 Å². The van der Waals surface area contributed by atoms with Crippen LogP contribution in [0.15, 0.2) is 24.3 Å². The molecule has 6 aliphatic rings. The van der Waals surface area contributed by atoms with E-state index < -0.39 is 0 Å². The zero-order chi connectivity index (χ0) is 21.9. The molecule has 6 heteroatoms. The van der Waals surface area contributed by atoms with Gasteiger partial charge in [0.1, 0.15) is 0 Å². The highest BCUT2D eigenvalue weighted by molar-refractivity contribution is 8.00. The summed E-state index contributed by atoms with van der Waals surface area (Å²) in [6, 6.07) is 8.07. The maximum absolute atomic E-state index is 13.3. The van der Waals surface area contributed by atoms with E-state index in [1.54, 1.807) is 0 Å². The number of hydrogen-bond donors (Lipinski definition) is 1. The monoisotopic (exact) mass is 453 g/mol. The highest BCUT2D eigenvalue weighted by atomic mass is 32.2. The first kappa shape index (κ1) is 20.9. The minimum atomic E-state index is -0.154. The number of nitrogens with one attached hydrogen (secondary N) is 1. The summed E-state index contributed by atoms with van der Waals surface area (Å²) in [6.45, 7) is 4.31. The molecule has 172 valence electrons. The predicted octanol–water partition coefficient (Wildman–Crippen LogP) is 4.65. The summed E-state index contributed by atoms with van der Waals surface area (Å²) < 4.78 is 0. The minimum absolute atomic E-state index is 0.0657. The lowest BCUT2D eigenvalue weighted by Gasteiger charge is -2.57. The average molecular weight is 454 g/mol. The van der Waals surface area contributed by atoms with Gasteiger partial charge in [-0.3, -0.25) is 4.79 Å². The summed E-state index contributed by atoms with van der Waals surface area (Å²) in [4.78, 5) is 30.6. The van der Waals surface area contributed by atoms with E-state index in [0.29, 0.717) is 0 Å². The Balaban J connectivity index is 1.11. The summed E-state index contributed by atoms with van der Waals surface area (Å²) in [6.07, 6.45) is 9.48. The van der Waals surface area contributed by atoms with E-state index in [9.17, 15) is 9.59 Å². The fraction of sp³-hybridized carbons (Fsp3) is 0.692. The Hall–Kier alpha value is -1.69. The smallest absolute Gasteiger partial charge is 0.317 e. The molecule has 2 heterocycles. The molecular weight excluding hydrogens is 418 g/mol. The van der Waals surface area contributed by atoms with Gasteiger partial charge in [0, 0.05) is 36.5 Å². The zero-order valence-corrected chi connectivity index (χ0v) is 20.0. The van der Waals surface area contributed by atoms with Crippen LogP contribution in [-0.4, -0.2) is 57.5 Å². The normalized spacial score (nSPS) is 34.8. The number of urea groups is 1. The molecule has 0 radical (unpaired) electrons. The third kappa shape index (κ3) is 3.53. The van der Waals surface area contributed by atoms with Gasteiger partial charge in [0.05, 0.1) is 4.87 Å². The van der Waals surface area contributed by atoms with Crippen molar-refractivity contribution in [3.8, 4) is 0 Å². The van der Waals surface area contributed by atoms with Gasteiger partial charge in [-0.1, -0.05) is 17.7 Å². The number of carbonyl (C=O) groups excluding carboxylic acids is 2. The topological polar surface area (TPSA) is 52.7 Å². The van der Waals surface area contributed by atoms with Crippen LogP contribution in [0.2, 0.25) is 0 Å². The first-order valence-corrected chi connectivity index (χ1v) is 13.5. The Morgan fingerprint density at radius 2 is 1.66 bits per heavy atom. The molecule has 6 fully saturated rings. The Bertz CT molecular complexity index is 888. The van der Waals surface area contributed by atoms with Crippen molar-refractivity contribution in [1.82, 2.24) is 15.1 Å². The lowest BCUT2D eigenvalue weighted by molar-refractivity contribution is -0.0164. The Kier molecular flexibility index (Phi) is 5.01. The Morgan fingerprint density at radius 3 is 2.28 bits per heavy atom. The van der Waals surface area contributed by atoms with E-state index in [1.807, 2.05) is 47.9 Å². The van der Waals surface area contributed by atoms with Crippen LogP contribution in [0.3, 0.4) is 0 Å². The fourth-order valence-corrected chi connectivity index (χ4v) is 9.33. The van der Waals surface area contributed by atoms with Crippen LogP contribution in [0.25, 0.3) is 0 Å². The van der Waals surface area contributed by atoms with Crippen molar-refractivity contribution < 1.29 is 9.59 Å². The molecule has 2 saturated heterocycles. The van der Waals surface area contributed by atoms with E-state index in [4.69, 9.17) is 0 Å². The summed E-state index contributed by atoms with van der Waals surface area (Å²) >= 11 is 1.92. The van der Waals surface area contributed by atoms with Crippen LogP contribution in [-0.2, 0) is 0 Å². The second-order valence-corrected chi connectivity index (χ2v) is 12.7. The van der Waals surface area contributed by atoms with E-state index in [-0.39, 0.29) is 22.3 Å². The van der Waals surface area contributed by atoms with E-state index in [0.717, 1.165) is 67.1 Å². The first-order valence-electron chi connectivity index (χ1n) is 12.5. The first-order chi connectivity index (χ1) is 15.4. The molecule has 1 N–H and O–H groups in total. The quantitative estimate of drug-likeness (QED) is 0.709. The van der Waals surface area contributed by atoms with Crippen molar-refractivity contribution >= 4 is 23.7 Å². The van der Waals surface area contributed by atoms with Gasteiger partial charge in [-0.15, -0.1) is 11.8 Å². The van der Waals surface area contributed by atoms with E-state index >= 15 is 0 Å². The van der Waals surface area contributed by atoms with Crippen molar-refractivity contribution in [2.75, 3.05) is 25.4 Å². The zero-order valence-electron chi connectivity index (χ0n) is 19.1. The number of nitrogens with zero attached hydrogens (tertiary/aromatic N) is 2. The number of piperidine rings is 1. The van der Waals surface area contributed by atoms with Gasteiger partial charge in [-0.2, -0.15) is 0 Å². The molecule has 5 nitrogen and oxygen atoms in total. The number of amides is 3. The van der Waals surface area contributed by atoms with Crippen molar-refractivity contribution in [2.24, 2.45) is 17.8 Å². The van der Waals surface area contributed by atoms with Gasteiger partial charge in [-0.25, -0.2) is 4.79 Å². The van der Waals surface area contributed by atoms with Crippen LogP contribution in [0.1, 0.15) is 67.3 Å². The lowest BCUT2D eigenvalue weighted by atomic mass is 9.53. The number of carbonyl (C=O) groups is 2. The van der Waals surface area contributed by atoms with Crippen LogP contribution in [0.5, 0.6) is 0 Å². The molecule has 3 amide bonds. The molecular formula is C26H35N3O2S. The maximum Gasteiger partial charge on any atom is 0.317 e. The highest BCUT2D eigenvalue weighted by Crippen LogP contribution is 2.55. The van der Waals surface area contributed by atoms with Crippen LogP contribution in [0.4, 0.5) is 4.79 Å². The molecule has 4 saturated carbocycles. The number of rotatable bonds is 2. The number of aryl methyl sites for hydroxylation is 1. The van der Waals surface area contributed by atoms with Gasteiger partial charge >= 0.3 is 6.03 Å². The predicted molar refractivity (Wildman–Crippen MR) is 128 cm³/mol. The summed E-state index contributed by atoms with van der Waals surface area (Å²) in [7, 11) is 0. The third-order valence-corrected chi connectivity index (χ3v) is 10.5. The van der Waals surface area contributed by atoms with Gasteiger partial charge in [0.2, 0.25) is 0 Å². The van der Waals surface area contributed by atoms with Crippen LogP contribution >= 0.6 is 11.8 Å². The number of likely N-dealkylation sites (tertiary alicyclic amines) is 1. The standard InChI is InChI=1S/C26H35N3O2S/c1-18-3-2-4-22(11-18)23(30)29-9-10-32-26(29)5-7-28(8-6-26)24(31)27-25-15-19-12-20(16-25)14-21(13-19)17-25/h2-4,11,19-21H,5-10,12-17H2,1H3,(H,27,31). The van der Waals surface area contributed by atoms with Gasteiger partial charge in [0.25, 0.3) is 5.91 Å². The number of benzene rings is 1. The van der Waals surface area contributed by atoms with Crippen molar-refractivity contribution in [3.05, 3.63) is 35.4 Å². The lowest BCUT2D eigenvalue weighted by Crippen LogP contribution is -2.63. The maximum atomic E-state index is 13.3.